The van der Waals surface area contributed by atoms with Gasteiger partial charge in [0.15, 0.2) is 16.1 Å². The molecule has 7 heteroatoms. The quantitative estimate of drug-likeness (QED) is 0.0865. The number of aromatic nitrogens is 4. The van der Waals surface area contributed by atoms with E-state index in [0.717, 1.165) is 44.8 Å². The van der Waals surface area contributed by atoms with Crippen molar-refractivity contribution in [3.05, 3.63) is 286 Å². The Labute approximate surface area is 436 Å². The summed E-state index contributed by atoms with van der Waals surface area (Å²) in [6.07, 6.45) is 6.19. The Hall–Kier alpha value is -9.41. The van der Waals surface area contributed by atoms with Crippen LogP contribution in [0.4, 0.5) is 17.1 Å². The number of rotatable bonds is 8. The van der Waals surface area contributed by atoms with E-state index in [2.05, 4.69) is 293 Å². The van der Waals surface area contributed by atoms with Gasteiger partial charge in [-0.05, 0) is 89.3 Å². The minimum absolute atomic E-state index is 0.939. The van der Waals surface area contributed by atoms with Crippen LogP contribution in [-0.4, -0.2) is 35.1 Å². The van der Waals surface area contributed by atoms with Crippen LogP contribution >= 0.6 is 0 Å². The van der Waals surface area contributed by atoms with E-state index in [4.69, 9.17) is 9.97 Å². The van der Waals surface area contributed by atoms with Crippen molar-refractivity contribution in [3.63, 3.8) is 0 Å². The molecule has 0 radical (unpaired) electrons. The predicted molar refractivity (Wildman–Crippen MR) is 318 cm³/mol. The molecule has 1 aliphatic heterocycles. The fraction of sp³-hybridized carbons (Fsp3) is 0. The van der Waals surface area contributed by atoms with Gasteiger partial charge in [0, 0.05) is 51.0 Å². The third kappa shape index (κ3) is 6.23. The molecular weight excluding hydrogens is 943 g/mol. The van der Waals surface area contributed by atoms with Gasteiger partial charge in [-0.15, -0.1) is 0 Å². The van der Waals surface area contributed by atoms with Gasteiger partial charge in [-0.25, -0.2) is 9.97 Å². The highest BCUT2D eigenvalue weighted by Crippen LogP contribution is 2.42. The number of pyridine rings is 2. The maximum atomic E-state index is 5.70. The first kappa shape index (κ1) is 43.2. The van der Waals surface area contributed by atoms with Crippen LogP contribution < -0.4 is 46.4 Å². The fourth-order valence-electron chi connectivity index (χ4n) is 13.0. The topological polar surface area (TPSA) is 38.4 Å². The molecule has 0 N–H and O–H groups in total. The molecule has 15 rings (SSSR count). The molecule has 0 amide bonds. The molecule has 10 aromatic carbocycles. The monoisotopic (exact) mass is 989 g/mol. The summed E-state index contributed by atoms with van der Waals surface area (Å²) in [6.45, 7) is 0. The van der Waals surface area contributed by atoms with E-state index in [0.29, 0.717) is 0 Å². The Morgan fingerprint density at radius 3 is 1.64 bits per heavy atom. The zero-order chi connectivity index (χ0) is 49.5. The van der Waals surface area contributed by atoms with Crippen molar-refractivity contribution >= 4 is 124 Å². The molecule has 0 bridgehead atoms. The first-order valence-electron chi connectivity index (χ1n) is 25.7. The second-order valence-corrected chi connectivity index (χ2v) is 27.2. The number of hydrogen-bond donors (Lipinski definition) is 0. The zero-order valence-electron chi connectivity index (χ0n) is 40.9. The highest BCUT2D eigenvalue weighted by atomic mass is 28.3. The van der Waals surface area contributed by atoms with E-state index < -0.39 is 16.1 Å². The Kier molecular flexibility index (Phi) is 9.85. The van der Waals surface area contributed by atoms with Crippen molar-refractivity contribution < 1.29 is 0 Å². The summed E-state index contributed by atoms with van der Waals surface area (Å²) >= 11 is 0. The molecule has 75 heavy (non-hydrogen) atoms. The average Bonchev–Trinajstić information content (AvgIpc) is 4.16. The smallest absolute Gasteiger partial charge is 0.185 e. The molecule has 5 nitrogen and oxygen atoms in total. The number of para-hydroxylation sites is 4. The van der Waals surface area contributed by atoms with E-state index in [1.807, 2.05) is 6.20 Å². The molecule has 0 aliphatic carbocycles. The van der Waals surface area contributed by atoms with Crippen LogP contribution in [-0.2, 0) is 0 Å². The number of benzene rings is 10. The van der Waals surface area contributed by atoms with Gasteiger partial charge >= 0.3 is 0 Å². The lowest BCUT2D eigenvalue weighted by Gasteiger charge is -2.45. The molecule has 14 aromatic rings. The van der Waals surface area contributed by atoms with Crippen molar-refractivity contribution in [2.24, 2.45) is 0 Å². The van der Waals surface area contributed by atoms with E-state index in [-0.39, 0.29) is 0 Å². The highest BCUT2D eigenvalue weighted by Gasteiger charge is 2.51. The molecule has 1 aliphatic rings. The number of nitrogens with zero attached hydrogens (tertiary/aromatic N) is 5. The lowest BCUT2D eigenvalue weighted by atomic mass is 10.1. The molecular formula is C68H47N5Si2. The number of anilines is 3. The van der Waals surface area contributed by atoms with Gasteiger partial charge in [0.2, 0.25) is 0 Å². The molecule has 0 fully saturated rings. The van der Waals surface area contributed by atoms with Crippen LogP contribution in [0.3, 0.4) is 0 Å². The second kappa shape index (κ2) is 17.1. The molecule has 0 unspecified atom stereocenters. The van der Waals surface area contributed by atoms with E-state index in [1.165, 1.54) is 68.7 Å². The highest BCUT2D eigenvalue weighted by molar-refractivity contribution is 7.22. The van der Waals surface area contributed by atoms with Crippen LogP contribution in [0.15, 0.2) is 286 Å². The van der Waals surface area contributed by atoms with Gasteiger partial charge < -0.3 is 4.90 Å². The maximum absolute atomic E-state index is 5.70. The SMILES string of the molecule is c1ccc(N2c3ccccc3[Si](c3ccccc3)(c3ccccc3)c3c2cnc2c3c3ccccc3n2-c2cccc([Si](c3ccccc3)(c3ccccc3)c3ccc4c5ccccc5n5ccnc5c4c3)c2)cc1. The van der Waals surface area contributed by atoms with Gasteiger partial charge in [0.05, 0.1) is 22.9 Å². The third-order valence-electron chi connectivity index (χ3n) is 16.0. The Balaban J connectivity index is 1.05. The van der Waals surface area contributed by atoms with Crippen LogP contribution in [0.1, 0.15) is 0 Å². The van der Waals surface area contributed by atoms with E-state index in [9.17, 15) is 0 Å². The van der Waals surface area contributed by atoms with E-state index >= 15 is 0 Å². The molecule has 0 atom stereocenters. The summed E-state index contributed by atoms with van der Waals surface area (Å²) < 4.78 is 4.70. The first-order chi connectivity index (χ1) is 37.2. The summed E-state index contributed by atoms with van der Waals surface area (Å²) in [6, 6.07) is 99.5. The Morgan fingerprint density at radius 2 is 0.933 bits per heavy atom. The van der Waals surface area contributed by atoms with Gasteiger partial charge in [0.25, 0.3) is 0 Å². The van der Waals surface area contributed by atoms with Crippen molar-refractivity contribution in [2.75, 3.05) is 4.90 Å². The van der Waals surface area contributed by atoms with Gasteiger partial charge in [-0.1, -0.05) is 224 Å². The molecule has 0 spiro atoms. The lowest BCUT2D eigenvalue weighted by molar-refractivity contribution is 1.13. The summed E-state index contributed by atoms with van der Waals surface area (Å²) in [5.74, 6) is 0. The van der Waals surface area contributed by atoms with Crippen molar-refractivity contribution in [1.82, 2.24) is 18.9 Å². The summed E-state index contributed by atoms with van der Waals surface area (Å²) in [7, 11) is -6.26. The number of fused-ring (bicyclic) bond motifs is 12. The van der Waals surface area contributed by atoms with Gasteiger partial charge in [-0.3, -0.25) is 8.97 Å². The summed E-state index contributed by atoms with van der Waals surface area (Å²) in [5.41, 5.74) is 8.64. The first-order valence-corrected chi connectivity index (χ1v) is 29.7. The number of imidazole rings is 1. The zero-order valence-corrected chi connectivity index (χ0v) is 42.9. The van der Waals surface area contributed by atoms with Crippen LogP contribution in [0.2, 0.25) is 0 Å². The molecule has 5 heterocycles. The average molecular weight is 990 g/mol. The van der Waals surface area contributed by atoms with Crippen LogP contribution in [0, 0.1) is 0 Å². The summed E-state index contributed by atoms with van der Waals surface area (Å²) in [5, 5.41) is 16.5. The van der Waals surface area contributed by atoms with E-state index in [1.54, 1.807) is 0 Å². The minimum Gasteiger partial charge on any atom is -0.309 e. The van der Waals surface area contributed by atoms with Crippen molar-refractivity contribution in [1.29, 1.82) is 0 Å². The normalized spacial score (nSPS) is 13.1. The standard InChI is InChI=1S/C68H47N5Si2/c1-6-23-48(24-7-1)72-62-39-20-21-40-64(62)75(52-30-12-4-13-31-52,53-32-14-5-15-33-53)66-63(72)47-70-68-65(66)58-36-17-19-38-61(58)73(68)49-25-22-34-54(45-49)74(50-26-8-2-9-27-50,51-28-10-3-11-29-51)55-41-42-56-57-35-16-18-37-60(57)71-44-43-69-67(71)59(56)46-55/h1-47H. The molecule has 0 saturated carbocycles. The molecule has 4 aromatic heterocycles. The molecule has 0 saturated heterocycles. The summed E-state index contributed by atoms with van der Waals surface area (Å²) in [4.78, 5) is 13.2. The largest absolute Gasteiger partial charge is 0.309 e. The van der Waals surface area contributed by atoms with Crippen molar-refractivity contribution in [2.45, 2.75) is 0 Å². The molecule has 352 valence electrons. The minimum atomic E-state index is -3.14. The van der Waals surface area contributed by atoms with Crippen LogP contribution in [0.25, 0.3) is 54.9 Å². The number of hydrogen-bond acceptors (Lipinski definition) is 3. The maximum Gasteiger partial charge on any atom is 0.185 e. The second-order valence-electron chi connectivity index (χ2n) is 19.7. The Morgan fingerprint density at radius 1 is 0.373 bits per heavy atom. The lowest BCUT2D eigenvalue weighted by Crippen LogP contribution is -2.77. The van der Waals surface area contributed by atoms with Gasteiger partial charge in [-0.2, -0.15) is 0 Å². The Bertz CT molecular complexity index is 4400. The van der Waals surface area contributed by atoms with Crippen molar-refractivity contribution in [3.8, 4) is 5.69 Å². The van der Waals surface area contributed by atoms with Gasteiger partial charge in [0.1, 0.15) is 11.3 Å². The third-order valence-corrected chi connectivity index (χ3v) is 25.6. The van der Waals surface area contributed by atoms with Crippen LogP contribution in [0.5, 0.6) is 0 Å². The predicted octanol–water partition coefficient (Wildman–Crippen LogP) is 10.7. The fourth-order valence-corrected chi connectivity index (χ4v) is 23.1.